The number of nitrogens with one attached hydrogen (secondary N) is 1. The van der Waals surface area contributed by atoms with Crippen molar-refractivity contribution in [1.82, 2.24) is 10.2 Å². The molecule has 1 aromatic rings. The summed E-state index contributed by atoms with van der Waals surface area (Å²) in [5.41, 5.74) is 2.51. The number of carbonyl (C=O) groups is 2. The SMILES string of the molecule is COC(CCC/C=C/C(C)(C)C)C(=O)NC1CCC(=O)N(C)Cc2ccccc2C1. The Balaban J connectivity index is 1.97. The van der Waals surface area contributed by atoms with E-state index in [0.29, 0.717) is 25.8 Å². The Morgan fingerprint density at radius 2 is 2.00 bits per heavy atom. The lowest BCUT2D eigenvalue weighted by molar-refractivity contribution is -0.133. The Morgan fingerprint density at radius 3 is 2.67 bits per heavy atom. The highest BCUT2D eigenvalue weighted by molar-refractivity contribution is 5.81. The van der Waals surface area contributed by atoms with Gasteiger partial charge in [0.15, 0.2) is 0 Å². The molecule has 2 rings (SSSR count). The first-order chi connectivity index (χ1) is 14.2. The highest BCUT2D eigenvalue weighted by atomic mass is 16.5. The Kier molecular flexibility index (Phi) is 9.09. The van der Waals surface area contributed by atoms with Gasteiger partial charge < -0.3 is 15.0 Å². The summed E-state index contributed by atoms with van der Waals surface area (Å²) in [7, 11) is 3.43. The lowest BCUT2D eigenvalue weighted by Gasteiger charge is -2.22. The van der Waals surface area contributed by atoms with Gasteiger partial charge in [-0.1, -0.05) is 57.2 Å². The summed E-state index contributed by atoms with van der Waals surface area (Å²) in [4.78, 5) is 27.0. The maximum Gasteiger partial charge on any atom is 0.249 e. The first kappa shape index (κ1) is 24.1. The summed E-state index contributed by atoms with van der Waals surface area (Å²) in [6.45, 7) is 7.13. The Morgan fingerprint density at radius 1 is 1.30 bits per heavy atom. The number of carbonyl (C=O) groups excluding carboxylic acids is 2. The number of amides is 2. The van der Waals surface area contributed by atoms with Crippen molar-refractivity contribution in [2.75, 3.05) is 14.2 Å². The van der Waals surface area contributed by atoms with Gasteiger partial charge in [-0.3, -0.25) is 9.59 Å². The zero-order valence-corrected chi connectivity index (χ0v) is 19.2. The molecule has 166 valence electrons. The third-order valence-electron chi connectivity index (χ3n) is 5.50. The Labute approximate surface area is 181 Å². The second-order valence-electron chi connectivity index (χ2n) is 9.39. The Hall–Kier alpha value is -2.14. The molecule has 5 nitrogen and oxygen atoms in total. The second-order valence-corrected chi connectivity index (χ2v) is 9.39. The first-order valence-corrected chi connectivity index (χ1v) is 11.0. The van der Waals surface area contributed by atoms with Gasteiger partial charge in [-0.05, 0) is 48.6 Å². The van der Waals surface area contributed by atoms with E-state index in [1.165, 1.54) is 5.56 Å². The molecule has 0 saturated heterocycles. The maximum atomic E-state index is 12.9. The number of benzene rings is 1. The smallest absolute Gasteiger partial charge is 0.249 e. The number of nitrogens with zero attached hydrogens (tertiary/aromatic N) is 1. The van der Waals surface area contributed by atoms with Crippen molar-refractivity contribution in [1.29, 1.82) is 0 Å². The molecule has 5 heteroatoms. The third kappa shape index (κ3) is 7.94. The summed E-state index contributed by atoms with van der Waals surface area (Å²) in [6.07, 6.45) is 8.24. The minimum absolute atomic E-state index is 0.0764. The van der Waals surface area contributed by atoms with E-state index in [1.807, 2.05) is 19.2 Å². The molecule has 1 N–H and O–H groups in total. The number of allylic oxidation sites excluding steroid dienone is 2. The van der Waals surface area contributed by atoms with Gasteiger partial charge in [-0.15, -0.1) is 0 Å². The van der Waals surface area contributed by atoms with E-state index in [0.717, 1.165) is 24.8 Å². The lowest BCUT2D eigenvalue weighted by atomic mass is 9.95. The molecule has 2 atom stereocenters. The number of hydrogen-bond donors (Lipinski definition) is 1. The van der Waals surface area contributed by atoms with E-state index in [1.54, 1.807) is 12.0 Å². The van der Waals surface area contributed by atoms with Crippen LogP contribution in [-0.2, 0) is 27.3 Å². The molecule has 0 spiro atoms. The van der Waals surface area contributed by atoms with Gasteiger partial charge in [-0.25, -0.2) is 0 Å². The van der Waals surface area contributed by atoms with Gasteiger partial charge in [-0.2, -0.15) is 0 Å². The predicted molar refractivity (Wildman–Crippen MR) is 121 cm³/mol. The molecule has 0 fully saturated rings. The predicted octanol–water partition coefficient (Wildman–Crippen LogP) is 4.25. The third-order valence-corrected chi connectivity index (χ3v) is 5.50. The molecular formula is C25H38N2O3. The van der Waals surface area contributed by atoms with Gasteiger partial charge in [0.1, 0.15) is 6.10 Å². The number of fused-ring (bicyclic) bond motifs is 1. The number of rotatable bonds is 7. The highest BCUT2D eigenvalue weighted by Crippen LogP contribution is 2.19. The van der Waals surface area contributed by atoms with E-state index in [9.17, 15) is 9.59 Å². The summed E-state index contributed by atoms with van der Waals surface area (Å²) < 4.78 is 5.48. The largest absolute Gasteiger partial charge is 0.372 e. The van der Waals surface area contributed by atoms with Gasteiger partial charge >= 0.3 is 0 Å². The Bertz CT molecular complexity index is 736. The van der Waals surface area contributed by atoms with Crippen LogP contribution in [0.15, 0.2) is 36.4 Å². The molecule has 2 amide bonds. The quantitative estimate of drug-likeness (QED) is 0.536. The summed E-state index contributed by atoms with van der Waals surface area (Å²) in [6, 6.07) is 8.09. The van der Waals surface area contributed by atoms with Crippen LogP contribution in [0.4, 0.5) is 0 Å². The van der Waals surface area contributed by atoms with Crippen molar-refractivity contribution in [3.8, 4) is 0 Å². The molecule has 1 aliphatic heterocycles. The van der Waals surface area contributed by atoms with Crippen LogP contribution >= 0.6 is 0 Å². The molecule has 0 saturated carbocycles. The van der Waals surface area contributed by atoms with Crippen LogP contribution in [0.5, 0.6) is 0 Å². The van der Waals surface area contributed by atoms with Gasteiger partial charge in [0.05, 0.1) is 0 Å². The average molecular weight is 415 g/mol. The number of unbranched alkanes of at least 4 members (excludes halogenated alkanes) is 1. The standard InChI is InChI=1S/C25H38N2O3/c1-25(2,3)16-10-6-7-13-22(30-5)24(29)26-21-14-15-23(28)27(4)18-20-12-9-8-11-19(20)17-21/h8-12,16,21-22H,6-7,13-15,17-18H2,1-5H3,(H,26,29)/b16-10+. The molecular weight excluding hydrogens is 376 g/mol. The van der Waals surface area contributed by atoms with Crippen LogP contribution < -0.4 is 5.32 Å². The van der Waals surface area contributed by atoms with E-state index < -0.39 is 6.10 Å². The van der Waals surface area contributed by atoms with Crippen LogP contribution in [0.25, 0.3) is 0 Å². The molecule has 0 bridgehead atoms. The molecule has 30 heavy (non-hydrogen) atoms. The van der Waals surface area contributed by atoms with Crippen molar-refractivity contribution < 1.29 is 14.3 Å². The van der Waals surface area contributed by atoms with Crippen molar-refractivity contribution >= 4 is 11.8 Å². The second kappa shape index (κ2) is 11.3. The molecule has 2 unspecified atom stereocenters. The zero-order chi connectivity index (χ0) is 22.1. The fraction of sp³-hybridized carbons (Fsp3) is 0.600. The summed E-state index contributed by atoms with van der Waals surface area (Å²) in [5, 5.41) is 3.15. The molecule has 1 aromatic carbocycles. The molecule has 0 aliphatic carbocycles. The first-order valence-electron chi connectivity index (χ1n) is 11.0. The fourth-order valence-corrected chi connectivity index (χ4v) is 3.74. The molecule has 0 aromatic heterocycles. The topological polar surface area (TPSA) is 58.6 Å². The van der Waals surface area contributed by atoms with E-state index in [-0.39, 0.29) is 23.3 Å². The summed E-state index contributed by atoms with van der Waals surface area (Å²) in [5.74, 6) is 0.0275. The number of hydrogen-bond acceptors (Lipinski definition) is 3. The maximum absolute atomic E-state index is 12.9. The highest BCUT2D eigenvalue weighted by Gasteiger charge is 2.24. The van der Waals surface area contributed by atoms with Crippen LogP contribution in [0.1, 0.15) is 64.0 Å². The minimum Gasteiger partial charge on any atom is -0.372 e. The van der Waals surface area contributed by atoms with E-state index >= 15 is 0 Å². The van der Waals surface area contributed by atoms with Crippen LogP contribution in [0, 0.1) is 5.41 Å². The van der Waals surface area contributed by atoms with Gasteiger partial charge in [0.25, 0.3) is 0 Å². The molecule has 1 heterocycles. The van der Waals surface area contributed by atoms with E-state index in [2.05, 4.69) is 50.4 Å². The monoisotopic (exact) mass is 414 g/mol. The fourth-order valence-electron chi connectivity index (χ4n) is 3.74. The van der Waals surface area contributed by atoms with E-state index in [4.69, 9.17) is 4.74 Å². The number of methoxy groups -OCH3 is 1. The molecule has 0 radical (unpaired) electrons. The zero-order valence-electron chi connectivity index (χ0n) is 19.2. The molecule has 1 aliphatic rings. The van der Waals surface area contributed by atoms with Crippen LogP contribution in [0.2, 0.25) is 0 Å². The van der Waals surface area contributed by atoms with Crippen molar-refractivity contribution in [3.63, 3.8) is 0 Å². The van der Waals surface area contributed by atoms with Crippen LogP contribution in [0.3, 0.4) is 0 Å². The lowest BCUT2D eigenvalue weighted by Crippen LogP contribution is -2.43. The van der Waals surface area contributed by atoms with Crippen molar-refractivity contribution in [2.45, 2.75) is 78.0 Å². The number of ether oxygens (including phenoxy) is 1. The minimum atomic E-state index is -0.464. The van der Waals surface area contributed by atoms with Gasteiger partial charge in [0, 0.05) is 33.2 Å². The normalized spacial score (nSPS) is 19.0. The average Bonchev–Trinajstić information content (AvgIpc) is 2.73. The van der Waals surface area contributed by atoms with Crippen molar-refractivity contribution in [2.24, 2.45) is 5.41 Å². The van der Waals surface area contributed by atoms with Crippen molar-refractivity contribution in [3.05, 3.63) is 47.5 Å². The van der Waals surface area contributed by atoms with Gasteiger partial charge in [0.2, 0.25) is 11.8 Å². The van der Waals surface area contributed by atoms with Crippen LogP contribution in [-0.4, -0.2) is 43.0 Å². The summed E-state index contributed by atoms with van der Waals surface area (Å²) >= 11 is 0.